The van der Waals surface area contributed by atoms with E-state index < -0.39 is 0 Å². The molecule has 0 amide bonds. The van der Waals surface area contributed by atoms with Crippen LogP contribution in [0.3, 0.4) is 0 Å². The minimum atomic E-state index is 0.395. The van der Waals surface area contributed by atoms with Crippen LogP contribution in [0.15, 0.2) is 72.8 Å². The lowest BCUT2D eigenvalue weighted by molar-refractivity contribution is 0.120. The van der Waals surface area contributed by atoms with Gasteiger partial charge in [0.05, 0.1) is 22.8 Å². The number of hydrogen-bond donors (Lipinski definition) is 0. The van der Waals surface area contributed by atoms with Gasteiger partial charge in [0, 0.05) is 78.5 Å². The molecule has 12 nitrogen and oxygen atoms in total. The molecular formula is C36H36N12. The number of aromatic nitrogens is 4. The fourth-order valence-corrected chi connectivity index (χ4v) is 5.65. The molecule has 0 N–H and O–H groups in total. The normalized spacial score (nSPS) is 15.6. The van der Waals surface area contributed by atoms with E-state index in [-0.39, 0.29) is 0 Å². The average Bonchev–Trinajstić information content (AvgIpc) is 3.12. The van der Waals surface area contributed by atoms with Gasteiger partial charge in [-0.25, -0.2) is 19.9 Å². The van der Waals surface area contributed by atoms with Gasteiger partial charge in [-0.3, -0.25) is 19.6 Å². The minimum absolute atomic E-state index is 0.395. The molecule has 48 heavy (non-hydrogen) atoms. The summed E-state index contributed by atoms with van der Waals surface area (Å²) in [6.45, 7) is 8.35. The van der Waals surface area contributed by atoms with Gasteiger partial charge in [-0.05, 0) is 48.5 Å². The van der Waals surface area contributed by atoms with Crippen LogP contribution in [-0.4, -0.2) is 91.9 Å². The van der Waals surface area contributed by atoms with Crippen molar-refractivity contribution in [3.63, 3.8) is 0 Å². The van der Waals surface area contributed by atoms with Crippen LogP contribution in [0.4, 0.5) is 0 Å². The Labute approximate surface area is 281 Å². The van der Waals surface area contributed by atoms with Crippen LogP contribution in [-0.2, 0) is 26.2 Å². The lowest BCUT2D eigenvalue weighted by atomic mass is 10.2. The van der Waals surface area contributed by atoms with Crippen molar-refractivity contribution in [2.75, 3.05) is 52.4 Å². The van der Waals surface area contributed by atoms with E-state index in [9.17, 15) is 21.0 Å². The lowest BCUT2D eigenvalue weighted by Gasteiger charge is -2.34. The smallest absolute Gasteiger partial charge is 0.140 e. The largest absolute Gasteiger partial charge is 0.295 e. The monoisotopic (exact) mass is 636 g/mol. The standard InChI is InChI=1S/C36H36N12/c37-21-29-5-1-9-33(41-29)25-45-13-15-46(26-34-10-2-6-30(22-38)42-34)17-19-48(28-36-12-4-8-32(24-40)44-36)20-18-47(16-14-45)27-35-11-3-7-31(23-39)43-35/h1-12H,13-20,25-28H2. The third-order valence-corrected chi connectivity index (χ3v) is 8.16. The quantitative estimate of drug-likeness (QED) is 0.279. The summed E-state index contributed by atoms with van der Waals surface area (Å²) in [5.41, 5.74) is 4.93. The Morgan fingerprint density at radius 1 is 0.375 bits per heavy atom. The number of nitriles is 4. The van der Waals surface area contributed by atoms with E-state index in [1.165, 1.54) is 0 Å². The van der Waals surface area contributed by atoms with Crippen molar-refractivity contribution < 1.29 is 0 Å². The third-order valence-electron chi connectivity index (χ3n) is 8.16. The Morgan fingerprint density at radius 3 is 0.771 bits per heavy atom. The van der Waals surface area contributed by atoms with Crippen LogP contribution in [0, 0.1) is 45.3 Å². The van der Waals surface area contributed by atoms with Crippen LogP contribution in [0.2, 0.25) is 0 Å². The van der Waals surface area contributed by atoms with Gasteiger partial charge >= 0.3 is 0 Å². The zero-order valence-electron chi connectivity index (χ0n) is 26.8. The van der Waals surface area contributed by atoms with Crippen LogP contribution < -0.4 is 0 Å². The number of hydrogen-bond acceptors (Lipinski definition) is 12. The van der Waals surface area contributed by atoms with Gasteiger partial charge in [-0.1, -0.05) is 24.3 Å². The summed E-state index contributed by atoms with van der Waals surface area (Å²) in [6, 6.07) is 30.7. The van der Waals surface area contributed by atoms with E-state index in [2.05, 4.69) is 63.8 Å². The highest BCUT2D eigenvalue weighted by molar-refractivity contribution is 5.24. The summed E-state index contributed by atoms with van der Waals surface area (Å²) in [5, 5.41) is 37.7. The summed E-state index contributed by atoms with van der Waals surface area (Å²) < 4.78 is 0. The number of rotatable bonds is 8. The fourth-order valence-electron chi connectivity index (χ4n) is 5.65. The van der Waals surface area contributed by atoms with Crippen molar-refractivity contribution in [2.24, 2.45) is 0 Å². The van der Waals surface area contributed by atoms with Crippen LogP contribution in [0.5, 0.6) is 0 Å². The highest BCUT2D eigenvalue weighted by atomic mass is 15.3. The maximum absolute atomic E-state index is 9.43. The van der Waals surface area contributed by atoms with Crippen molar-refractivity contribution in [1.82, 2.24) is 39.5 Å². The molecule has 1 aliphatic heterocycles. The van der Waals surface area contributed by atoms with E-state index in [4.69, 9.17) is 0 Å². The first-order chi connectivity index (χ1) is 23.5. The van der Waals surface area contributed by atoms with E-state index >= 15 is 0 Å². The second-order valence-electron chi connectivity index (χ2n) is 11.6. The molecule has 1 fully saturated rings. The van der Waals surface area contributed by atoms with Gasteiger partial charge in [-0.15, -0.1) is 0 Å². The second-order valence-corrected chi connectivity index (χ2v) is 11.6. The first-order valence-corrected chi connectivity index (χ1v) is 15.9. The highest BCUT2D eigenvalue weighted by Gasteiger charge is 2.19. The van der Waals surface area contributed by atoms with Gasteiger partial charge in [-0.2, -0.15) is 21.0 Å². The number of nitrogens with zero attached hydrogens (tertiary/aromatic N) is 12. The van der Waals surface area contributed by atoms with Crippen molar-refractivity contribution in [3.05, 3.63) is 118 Å². The predicted octanol–water partition coefficient (Wildman–Crippen LogP) is 3.08. The molecule has 0 atom stereocenters. The molecular weight excluding hydrogens is 600 g/mol. The maximum Gasteiger partial charge on any atom is 0.140 e. The van der Waals surface area contributed by atoms with Crippen LogP contribution >= 0.6 is 0 Å². The Balaban J connectivity index is 1.41. The van der Waals surface area contributed by atoms with Gasteiger partial charge in [0.1, 0.15) is 47.1 Å². The molecule has 0 aliphatic carbocycles. The first-order valence-electron chi connectivity index (χ1n) is 15.9. The molecule has 4 aromatic heterocycles. The van der Waals surface area contributed by atoms with Gasteiger partial charge in [0.15, 0.2) is 0 Å². The summed E-state index contributed by atoms with van der Waals surface area (Å²) in [7, 11) is 0. The zero-order valence-corrected chi connectivity index (χ0v) is 26.8. The molecule has 4 aromatic rings. The molecule has 1 saturated heterocycles. The van der Waals surface area contributed by atoms with E-state index in [1.807, 2.05) is 48.5 Å². The molecule has 240 valence electrons. The molecule has 0 saturated carbocycles. The minimum Gasteiger partial charge on any atom is -0.295 e. The Bertz CT molecular complexity index is 1560. The fraction of sp³-hybridized carbons (Fsp3) is 0.333. The Morgan fingerprint density at radius 2 is 0.583 bits per heavy atom. The van der Waals surface area contributed by atoms with E-state index in [1.54, 1.807) is 24.3 Å². The topological polar surface area (TPSA) is 160 Å². The second kappa shape index (κ2) is 17.4. The third kappa shape index (κ3) is 10.2. The maximum atomic E-state index is 9.43. The van der Waals surface area contributed by atoms with Crippen molar-refractivity contribution in [3.8, 4) is 24.3 Å². The molecule has 0 aromatic carbocycles. The summed E-state index contributed by atoms with van der Waals surface area (Å²) in [4.78, 5) is 27.6. The molecule has 5 rings (SSSR count). The zero-order chi connectivity index (χ0) is 33.6. The summed E-state index contributed by atoms with van der Waals surface area (Å²) >= 11 is 0. The first kappa shape index (κ1) is 33.8. The van der Waals surface area contributed by atoms with Crippen molar-refractivity contribution in [2.45, 2.75) is 26.2 Å². The van der Waals surface area contributed by atoms with Gasteiger partial charge in [0.25, 0.3) is 0 Å². The van der Waals surface area contributed by atoms with Crippen LogP contribution in [0.1, 0.15) is 45.6 Å². The van der Waals surface area contributed by atoms with Gasteiger partial charge < -0.3 is 0 Å². The van der Waals surface area contributed by atoms with Crippen molar-refractivity contribution >= 4 is 0 Å². The lowest BCUT2D eigenvalue weighted by Crippen LogP contribution is -2.45. The molecule has 1 aliphatic rings. The van der Waals surface area contributed by atoms with E-state index in [0.29, 0.717) is 49.0 Å². The molecule has 5 heterocycles. The SMILES string of the molecule is N#Cc1cccc(CN2CCN(Cc3cccc(C#N)n3)CCN(Cc3cccc(C#N)n3)CCN(Cc3cccc(C#N)n3)CC2)n1. The summed E-state index contributed by atoms with van der Waals surface area (Å²) in [5.74, 6) is 0. The molecule has 0 radical (unpaired) electrons. The predicted molar refractivity (Wildman–Crippen MR) is 177 cm³/mol. The highest BCUT2D eigenvalue weighted by Crippen LogP contribution is 2.12. The Hall–Kier alpha value is -5.60. The van der Waals surface area contributed by atoms with Crippen LogP contribution in [0.25, 0.3) is 0 Å². The average molecular weight is 637 g/mol. The molecule has 0 bridgehead atoms. The molecule has 0 unspecified atom stereocenters. The van der Waals surface area contributed by atoms with E-state index in [0.717, 1.165) is 75.1 Å². The molecule has 12 heteroatoms. The Kier molecular flexibility index (Phi) is 12.2. The van der Waals surface area contributed by atoms with Crippen molar-refractivity contribution in [1.29, 1.82) is 21.0 Å². The van der Waals surface area contributed by atoms with Gasteiger partial charge in [0.2, 0.25) is 0 Å². The molecule has 0 spiro atoms. The number of pyridine rings is 4. The summed E-state index contributed by atoms with van der Waals surface area (Å²) in [6.07, 6.45) is 0.